The third-order valence-electron chi connectivity index (χ3n) is 6.00. The van der Waals surface area contributed by atoms with E-state index in [1.807, 2.05) is 19.9 Å². The molecular formula is C26H26N6O3S. The van der Waals surface area contributed by atoms with Gasteiger partial charge in [-0.3, -0.25) is 19.1 Å². The van der Waals surface area contributed by atoms with Gasteiger partial charge in [0.05, 0.1) is 17.7 Å². The van der Waals surface area contributed by atoms with E-state index in [1.54, 1.807) is 53.1 Å². The van der Waals surface area contributed by atoms with Crippen LogP contribution in [0.5, 0.6) is 0 Å². The van der Waals surface area contributed by atoms with Crippen molar-refractivity contribution in [2.75, 3.05) is 6.54 Å². The number of nitrogens with one attached hydrogen (secondary N) is 1. The zero-order valence-electron chi connectivity index (χ0n) is 20.2. The molecule has 0 aliphatic carbocycles. The number of nitriles is 1. The van der Waals surface area contributed by atoms with Gasteiger partial charge in [0, 0.05) is 30.3 Å². The molecule has 4 rings (SSSR count). The van der Waals surface area contributed by atoms with Gasteiger partial charge in [-0.25, -0.2) is 9.78 Å². The predicted molar refractivity (Wildman–Crippen MR) is 139 cm³/mol. The van der Waals surface area contributed by atoms with Crippen LogP contribution in [0.25, 0.3) is 11.2 Å². The number of nitrogens with two attached hydrogens (primary N) is 1. The molecule has 0 fully saturated rings. The normalized spacial score (nSPS) is 12.4. The largest absolute Gasteiger partial charge is 0.329 e. The van der Waals surface area contributed by atoms with Crippen LogP contribution in [0.3, 0.4) is 0 Å². The van der Waals surface area contributed by atoms with Crippen LogP contribution in [-0.2, 0) is 7.05 Å². The van der Waals surface area contributed by atoms with Crippen molar-refractivity contribution in [2.24, 2.45) is 12.8 Å². The number of fused-ring (bicyclic) bond motifs is 1. The Morgan fingerprint density at radius 1 is 1.17 bits per heavy atom. The second-order valence-electron chi connectivity index (χ2n) is 9.03. The number of H-pyrrole nitrogens is 1. The number of benzene rings is 2. The Balaban J connectivity index is 2.04. The molecule has 0 aliphatic heterocycles. The van der Waals surface area contributed by atoms with Crippen LogP contribution >= 0.6 is 11.8 Å². The minimum Gasteiger partial charge on any atom is -0.329 e. The lowest BCUT2D eigenvalue weighted by Crippen LogP contribution is -2.30. The van der Waals surface area contributed by atoms with Crippen LogP contribution in [0.1, 0.15) is 47.8 Å². The number of carbonyl (C=O) groups is 1. The Morgan fingerprint density at radius 2 is 1.83 bits per heavy atom. The van der Waals surface area contributed by atoms with Gasteiger partial charge < -0.3 is 10.3 Å². The number of hydrogen-bond acceptors (Lipinski definition) is 7. The molecule has 0 spiro atoms. The van der Waals surface area contributed by atoms with Crippen molar-refractivity contribution in [3.63, 3.8) is 0 Å². The van der Waals surface area contributed by atoms with Gasteiger partial charge in [0.15, 0.2) is 22.1 Å². The molecule has 0 saturated carbocycles. The van der Waals surface area contributed by atoms with Crippen LogP contribution in [-0.4, -0.2) is 36.2 Å². The zero-order valence-corrected chi connectivity index (χ0v) is 21.0. The summed E-state index contributed by atoms with van der Waals surface area (Å²) in [4.78, 5) is 45.9. The van der Waals surface area contributed by atoms with Gasteiger partial charge in [-0.2, -0.15) is 5.26 Å². The highest BCUT2D eigenvalue weighted by Gasteiger charge is 2.31. The minimum absolute atomic E-state index is 0.0347. The third-order valence-corrected chi connectivity index (χ3v) is 7.19. The van der Waals surface area contributed by atoms with E-state index in [-0.39, 0.29) is 23.4 Å². The maximum atomic E-state index is 13.4. The summed E-state index contributed by atoms with van der Waals surface area (Å²) in [5.41, 5.74) is 6.57. The van der Waals surface area contributed by atoms with Gasteiger partial charge in [0.1, 0.15) is 0 Å². The first kappa shape index (κ1) is 25.2. The monoisotopic (exact) mass is 502 g/mol. The highest BCUT2D eigenvalue weighted by atomic mass is 32.2. The number of nitrogens with zero attached hydrogens (tertiary/aromatic N) is 4. The number of imidazole rings is 1. The number of thioether (sulfide) groups is 1. The van der Waals surface area contributed by atoms with E-state index in [0.717, 1.165) is 0 Å². The number of aromatic nitrogens is 4. The van der Waals surface area contributed by atoms with Crippen molar-refractivity contribution < 1.29 is 4.79 Å². The van der Waals surface area contributed by atoms with Crippen LogP contribution in [0.4, 0.5) is 0 Å². The number of rotatable bonds is 8. The van der Waals surface area contributed by atoms with E-state index in [2.05, 4.69) is 16.0 Å². The summed E-state index contributed by atoms with van der Waals surface area (Å²) in [5.74, 6) is -0.162. The van der Waals surface area contributed by atoms with Crippen molar-refractivity contribution >= 4 is 28.7 Å². The van der Waals surface area contributed by atoms with Gasteiger partial charge in [-0.15, -0.1) is 0 Å². The highest BCUT2D eigenvalue weighted by molar-refractivity contribution is 8.00. The molecule has 36 heavy (non-hydrogen) atoms. The van der Waals surface area contributed by atoms with Crippen molar-refractivity contribution in [1.29, 1.82) is 5.26 Å². The number of carbonyl (C=O) groups excluding carboxylic acids is 1. The molecule has 1 atom stereocenters. The lowest BCUT2D eigenvalue weighted by atomic mass is 9.94. The number of hydrogen-bond donors (Lipinski definition) is 2. The molecule has 0 saturated heterocycles. The van der Waals surface area contributed by atoms with E-state index in [1.165, 1.54) is 23.4 Å². The average Bonchev–Trinajstić information content (AvgIpc) is 3.25. The Hall–Kier alpha value is -3.94. The van der Waals surface area contributed by atoms with Crippen molar-refractivity contribution in [2.45, 2.75) is 36.2 Å². The fourth-order valence-corrected chi connectivity index (χ4v) is 5.01. The topological polar surface area (TPSA) is 140 Å². The predicted octanol–water partition coefficient (Wildman–Crippen LogP) is 2.99. The smallest absolute Gasteiger partial charge is 0.329 e. The summed E-state index contributed by atoms with van der Waals surface area (Å²) in [6.45, 7) is 4.20. The Bertz CT molecular complexity index is 1590. The van der Waals surface area contributed by atoms with Crippen LogP contribution in [0, 0.1) is 11.3 Å². The summed E-state index contributed by atoms with van der Waals surface area (Å²) in [6, 6.07) is 17.3. The Kier molecular flexibility index (Phi) is 6.97. The van der Waals surface area contributed by atoms with Gasteiger partial charge in [-0.05, 0) is 25.5 Å². The summed E-state index contributed by atoms with van der Waals surface area (Å²) in [7, 11) is 1.52. The second kappa shape index (κ2) is 9.97. The molecular weight excluding hydrogens is 476 g/mol. The number of ketones is 1. The molecule has 0 amide bonds. The molecule has 0 bridgehead atoms. The molecule has 184 valence electrons. The van der Waals surface area contributed by atoms with E-state index in [4.69, 9.17) is 5.73 Å². The van der Waals surface area contributed by atoms with Crippen molar-refractivity contribution in [3.8, 4) is 6.07 Å². The molecule has 4 aromatic rings. The fourth-order valence-electron chi connectivity index (χ4n) is 3.98. The molecule has 1 unspecified atom stereocenters. The average molecular weight is 503 g/mol. The molecule has 3 N–H and O–H groups in total. The lowest BCUT2D eigenvalue weighted by molar-refractivity contribution is 0.0968. The van der Waals surface area contributed by atoms with Gasteiger partial charge in [-0.1, -0.05) is 60.3 Å². The molecule has 2 heterocycles. The first-order valence-electron chi connectivity index (χ1n) is 11.3. The van der Waals surface area contributed by atoms with E-state index >= 15 is 0 Å². The van der Waals surface area contributed by atoms with E-state index < -0.39 is 22.0 Å². The standard InChI is InChI=1S/C26H26N6O3S/c1-26(2,15-28)36-25-29-22-21(23(34)30-24(35)31(22)3)32(25)19(18-12-8-7-11-17(18)14-27)13-20(33)16-9-5-4-6-10-16/h4-12,19H,13,15,28H2,1-3H3,(H,30,34,35). The molecule has 9 nitrogen and oxygen atoms in total. The fraction of sp³-hybridized carbons (Fsp3) is 0.269. The highest BCUT2D eigenvalue weighted by Crippen LogP contribution is 2.38. The number of aromatic amines is 1. The van der Waals surface area contributed by atoms with Gasteiger partial charge in [0.25, 0.3) is 5.56 Å². The maximum Gasteiger partial charge on any atom is 0.329 e. The van der Waals surface area contributed by atoms with Gasteiger partial charge in [0.2, 0.25) is 0 Å². The molecule has 0 radical (unpaired) electrons. The van der Waals surface area contributed by atoms with Gasteiger partial charge >= 0.3 is 5.69 Å². The third kappa shape index (κ3) is 4.76. The first-order chi connectivity index (χ1) is 17.2. The SMILES string of the molecule is Cn1c(=O)[nH]c(=O)c2c1nc(SC(C)(C)CN)n2C(CC(=O)c1ccccc1)c1ccccc1C#N. The van der Waals surface area contributed by atoms with Crippen LogP contribution in [0.2, 0.25) is 0 Å². The summed E-state index contributed by atoms with van der Waals surface area (Å²) >= 11 is 1.35. The van der Waals surface area contributed by atoms with Crippen molar-refractivity contribution in [3.05, 3.63) is 92.1 Å². The Morgan fingerprint density at radius 3 is 2.50 bits per heavy atom. The summed E-state index contributed by atoms with van der Waals surface area (Å²) < 4.78 is 2.47. The summed E-state index contributed by atoms with van der Waals surface area (Å²) in [6.07, 6.45) is -0.0347. The molecule has 0 aliphatic rings. The second-order valence-corrected chi connectivity index (χ2v) is 10.7. The van der Waals surface area contributed by atoms with Crippen LogP contribution in [0.15, 0.2) is 69.3 Å². The first-order valence-corrected chi connectivity index (χ1v) is 12.2. The molecule has 10 heteroatoms. The lowest BCUT2D eigenvalue weighted by Gasteiger charge is -2.26. The summed E-state index contributed by atoms with van der Waals surface area (Å²) in [5, 5.41) is 10.3. The van der Waals surface area contributed by atoms with E-state index in [9.17, 15) is 19.6 Å². The van der Waals surface area contributed by atoms with Crippen LogP contribution < -0.4 is 17.0 Å². The number of aryl methyl sites for hydroxylation is 1. The molecule has 2 aromatic carbocycles. The minimum atomic E-state index is -0.742. The van der Waals surface area contributed by atoms with E-state index in [0.29, 0.717) is 28.4 Å². The molecule has 2 aromatic heterocycles. The zero-order chi connectivity index (χ0) is 26.0. The maximum absolute atomic E-state index is 13.4. The van der Waals surface area contributed by atoms with Crippen molar-refractivity contribution in [1.82, 2.24) is 19.1 Å². The quantitative estimate of drug-likeness (QED) is 0.279. The Labute approximate surface area is 211 Å². The number of Topliss-reactive ketones (excluding diaryl/α,β-unsaturated/α-hetero) is 1.